The van der Waals surface area contributed by atoms with E-state index in [1.165, 1.54) is 10.8 Å². The van der Waals surface area contributed by atoms with Gasteiger partial charge in [0.25, 0.3) is 5.56 Å². The van der Waals surface area contributed by atoms with Gasteiger partial charge in [0, 0.05) is 23.1 Å². The molecular weight excluding hydrogens is 446 g/mol. The van der Waals surface area contributed by atoms with Crippen LogP contribution in [-0.2, 0) is 11.3 Å². The molecule has 2 aromatic carbocycles. The summed E-state index contributed by atoms with van der Waals surface area (Å²) in [5, 5.41) is 7.66. The number of aryl methyl sites for hydroxylation is 2. The standard InChI is InChI=1S/C22H20BrN5O2/c1-14-12-16(23)8-9-19(14)26-20(29)10-11-27-15(2)25-21-18(22(27)30)13-24-28(21)17-6-4-3-5-7-17/h3-9,12-13H,10-11H2,1-2H3,(H,26,29). The molecule has 0 aliphatic carbocycles. The number of aromatic nitrogens is 4. The smallest absolute Gasteiger partial charge is 0.264 e. The van der Waals surface area contributed by atoms with Crippen molar-refractivity contribution >= 4 is 38.6 Å². The number of rotatable bonds is 5. The Hall–Kier alpha value is -3.26. The number of anilines is 1. The summed E-state index contributed by atoms with van der Waals surface area (Å²) in [7, 11) is 0. The molecule has 8 heteroatoms. The number of carbonyl (C=O) groups is 1. The maximum atomic E-state index is 13.0. The Balaban J connectivity index is 1.56. The summed E-state index contributed by atoms with van der Waals surface area (Å²) in [6, 6.07) is 15.2. The monoisotopic (exact) mass is 465 g/mol. The van der Waals surface area contributed by atoms with Gasteiger partial charge in [0.15, 0.2) is 5.65 Å². The minimum atomic E-state index is -0.202. The normalized spacial score (nSPS) is 11.0. The first-order chi connectivity index (χ1) is 14.4. The van der Waals surface area contributed by atoms with Crippen molar-refractivity contribution in [1.29, 1.82) is 0 Å². The quantitative estimate of drug-likeness (QED) is 0.482. The lowest BCUT2D eigenvalue weighted by atomic mass is 10.2. The molecule has 2 heterocycles. The number of halogens is 1. The highest BCUT2D eigenvalue weighted by atomic mass is 79.9. The van der Waals surface area contributed by atoms with Gasteiger partial charge < -0.3 is 5.32 Å². The Morgan fingerprint density at radius 3 is 2.63 bits per heavy atom. The number of para-hydroxylation sites is 1. The number of benzene rings is 2. The number of hydrogen-bond acceptors (Lipinski definition) is 4. The summed E-state index contributed by atoms with van der Waals surface area (Å²) >= 11 is 3.41. The molecule has 1 amide bonds. The first-order valence-electron chi connectivity index (χ1n) is 9.50. The topological polar surface area (TPSA) is 81.8 Å². The van der Waals surface area contributed by atoms with Gasteiger partial charge in [-0.05, 0) is 49.7 Å². The highest BCUT2D eigenvalue weighted by molar-refractivity contribution is 9.10. The van der Waals surface area contributed by atoms with Gasteiger partial charge in [0.2, 0.25) is 5.91 Å². The van der Waals surface area contributed by atoms with Crippen LogP contribution in [0.2, 0.25) is 0 Å². The number of amides is 1. The highest BCUT2D eigenvalue weighted by Crippen LogP contribution is 2.20. The lowest BCUT2D eigenvalue weighted by molar-refractivity contribution is -0.116. The van der Waals surface area contributed by atoms with E-state index in [9.17, 15) is 9.59 Å². The lowest BCUT2D eigenvalue weighted by Crippen LogP contribution is -2.26. The molecule has 2 aromatic heterocycles. The Morgan fingerprint density at radius 1 is 1.13 bits per heavy atom. The average Bonchev–Trinajstić information content (AvgIpc) is 3.14. The third-order valence-electron chi connectivity index (χ3n) is 4.90. The molecule has 0 radical (unpaired) electrons. The number of nitrogens with zero attached hydrogens (tertiary/aromatic N) is 4. The predicted molar refractivity (Wildman–Crippen MR) is 120 cm³/mol. The van der Waals surface area contributed by atoms with Gasteiger partial charge in [-0.25, -0.2) is 9.67 Å². The first-order valence-corrected chi connectivity index (χ1v) is 10.3. The van der Waals surface area contributed by atoms with E-state index in [0.29, 0.717) is 16.9 Å². The van der Waals surface area contributed by atoms with Crippen LogP contribution in [0.15, 0.2) is 64.0 Å². The Morgan fingerprint density at radius 2 is 1.90 bits per heavy atom. The maximum absolute atomic E-state index is 13.0. The van der Waals surface area contributed by atoms with Crippen molar-refractivity contribution in [3.63, 3.8) is 0 Å². The molecule has 0 aliphatic heterocycles. The van der Waals surface area contributed by atoms with Gasteiger partial charge in [-0.15, -0.1) is 0 Å². The number of fused-ring (bicyclic) bond motifs is 1. The van der Waals surface area contributed by atoms with Crippen LogP contribution in [0.4, 0.5) is 5.69 Å². The minimum absolute atomic E-state index is 0.160. The second kappa shape index (κ2) is 8.23. The van der Waals surface area contributed by atoms with Gasteiger partial charge >= 0.3 is 0 Å². The van der Waals surface area contributed by atoms with E-state index >= 15 is 0 Å². The molecular formula is C22H20BrN5O2. The van der Waals surface area contributed by atoms with Gasteiger partial charge in [0.1, 0.15) is 11.2 Å². The fourth-order valence-electron chi connectivity index (χ4n) is 3.32. The van der Waals surface area contributed by atoms with Gasteiger partial charge in [-0.3, -0.25) is 14.2 Å². The van der Waals surface area contributed by atoms with Crippen molar-refractivity contribution in [3.05, 3.63) is 80.9 Å². The van der Waals surface area contributed by atoms with Crippen LogP contribution in [-0.4, -0.2) is 25.2 Å². The molecule has 152 valence electrons. The minimum Gasteiger partial charge on any atom is -0.326 e. The summed E-state index contributed by atoms with van der Waals surface area (Å²) in [5.74, 6) is 0.379. The largest absolute Gasteiger partial charge is 0.326 e. The molecule has 1 N–H and O–H groups in total. The fraction of sp³-hybridized carbons (Fsp3) is 0.182. The van der Waals surface area contributed by atoms with Crippen molar-refractivity contribution in [1.82, 2.24) is 19.3 Å². The molecule has 30 heavy (non-hydrogen) atoms. The van der Waals surface area contributed by atoms with Crippen molar-refractivity contribution in [2.24, 2.45) is 0 Å². The summed E-state index contributed by atoms with van der Waals surface area (Å²) < 4.78 is 4.13. The van der Waals surface area contributed by atoms with Crippen LogP contribution in [0, 0.1) is 13.8 Å². The molecule has 0 fully saturated rings. The first kappa shape index (κ1) is 20.0. The molecule has 7 nitrogen and oxygen atoms in total. The highest BCUT2D eigenvalue weighted by Gasteiger charge is 2.15. The van der Waals surface area contributed by atoms with Gasteiger partial charge in [-0.1, -0.05) is 34.1 Å². The van der Waals surface area contributed by atoms with Crippen LogP contribution < -0.4 is 10.9 Å². The zero-order chi connectivity index (χ0) is 21.3. The summed E-state index contributed by atoms with van der Waals surface area (Å²) in [6.45, 7) is 3.93. The van der Waals surface area contributed by atoms with Crippen LogP contribution in [0.5, 0.6) is 0 Å². The fourth-order valence-corrected chi connectivity index (χ4v) is 3.80. The lowest BCUT2D eigenvalue weighted by Gasteiger charge is -2.12. The number of hydrogen-bond donors (Lipinski definition) is 1. The predicted octanol–water partition coefficient (Wildman–Crippen LogP) is 3.99. The molecule has 0 spiro atoms. The van der Waals surface area contributed by atoms with E-state index in [1.54, 1.807) is 11.6 Å². The Kier molecular flexibility index (Phi) is 5.50. The third-order valence-corrected chi connectivity index (χ3v) is 5.40. The Bertz CT molecular complexity index is 1290. The van der Waals surface area contributed by atoms with Crippen molar-refractivity contribution < 1.29 is 4.79 Å². The second-order valence-electron chi connectivity index (χ2n) is 7.00. The molecule has 0 bridgehead atoms. The zero-order valence-electron chi connectivity index (χ0n) is 16.6. The molecule has 0 atom stereocenters. The summed E-state index contributed by atoms with van der Waals surface area (Å²) in [6.07, 6.45) is 1.69. The van der Waals surface area contributed by atoms with Crippen LogP contribution in [0.1, 0.15) is 17.8 Å². The van der Waals surface area contributed by atoms with E-state index in [0.717, 1.165) is 21.4 Å². The molecule has 4 rings (SSSR count). The molecule has 0 saturated carbocycles. The van der Waals surface area contributed by atoms with Gasteiger partial charge in [-0.2, -0.15) is 5.10 Å². The molecule has 0 unspecified atom stereocenters. The summed E-state index contributed by atoms with van der Waals surface area (Å²) in [5.41, 5.74) is 2.86. The zero-order valence-corrected chi connectivity index (χ0v) is 18.2. The van der Waals surface area contributed by atoms with E-state index in [-0.39, 0.29) is 24.4 Å². The van der Waals surface area contributed by atoms with E-state index < -0.39 is 0 Å². The molecule has 0 aliphatic rings. The molecule has 0 saturated heterocycles. The number of nitrogens with one attached hydrogen (secondary N) is 1. The van der Waals surface area contributed by atoms with E-state index in [1.807, 2.05) is 55.5 Å². The summed E-state index contributed by atoms with van der Waals surface area (Å²) in [4.78, 5) is 30.0. The Labute approximate surface area is 181 Å². The SMILES string of the molecule is Cc1cc(Br)ccc1NC(=O)CCn1c(C)nc2c(cnn2-c2ccccc2)c1=O. The van der Waals surface area contributed by atoms with Crippen LogP contribution in [0.3, 0.4) is 0 Å². The van der Waals surface area contributed by atoms with E-state index in [4.69, 9.17) is 0 Å². The van der Waals surface area contributed by atoms with Crippen molar-refractivity contribution in [2.75, 3.05) is 5.32 Å². The van der Waals surface area contributed by atoms with Gasteiger partial charge in [0.05, 0.1) is 11.9 Å². The van der Waals surface area contributed by atoms with Crippen LogP contribution >= 0.6 is 15.9 Å². The van der Waals surface area contributed by atoms with Crippen molar-refractivity contribution in [3.8, 4) is 5.69 Å². The van der Waals surface area contributed by atoms with Crippen molar-refractivity contribution in [2.45, 2.75) is 26.8 Å². The maximum Gasteiger partial charge on any atom is 0.264 e. The van der Waals surface area contributed by atoms with Crippen LogP contribution in [0.25, 0.3) is 16.7 Å². The molecule has 4 aromatic rings. The third kappa shape index (κ3) is 3.91. The average molecular weight is 466 g/mol. The van der Waals surface area contributed by atoms with E-state index in [2.05, 4.69) is 31.3 Å². The number of carbonyl (C=O) groups excluding carboxylic acids is 1. The second-order valence-corrected chi connectivity index (χ2v) is 7.92.